The predicted molar refractivity (Wildman–Crippen MR) is 94.8 cm³/mol. The Kier molecular flexibility index (Phi) is 4.83. The van der Waals surface area contributed by atoms with Crippen LogP contribution in [0.5, 0.6) is 0 Å². The molecule has 3 rings (SSSR count). The fourth-order valence-corrected chi connectivity index (χ4v) is 2.97. The first kappa shape index (κ1) is 17.4. The van der Waals surface area contributed by atoms with Crippen LogP contribution < -0.4 is 4.90 Å². The van der Waals surface area contributed by atoms with Gasteiger partial charge in [0.2, 0.25) is 0 Å². The molecule has 0 aromatic heterocycles. The molecule has 1 heterocycles. The van der Waals surface area contributed by atoms with Gasteiger partial charge in [-0.3, -0.25) is 14.9 Å². The monoisotopic (exact) mass is 355 g/mol. The normalized spacial score (nSPS) is 14.2. The average molecular weight is 355 g/mol. The second-order valence-electron chi connectivity index (χ2n) is 5.91. The van der Waals surface area contributed by atoms with E-state index in [0.29, 0.717) is 24.3 Å². The fraction of sp³-hybridized carbons (Fsp3) is 0.222. The first-order valence-corrected chi connectivity index (χ1v) is 8.08. The molecule has 0 spiro atoms. The highest BCUT2D eigenvalue weighted by atomic mass is 16.6. The lowest BCUT2D eigenvalue weighted by molar-refractivity contribution is -0.384. The van der Waals surface area contributed by atoms with Crippen molar-refractivity contribution >= 4 is 23.3 Å². The minimum atomic E-state index is -0.997. The van der Waals surface area contributed by atoms with Crippen molar-refractivity contribution in [1.82, 2.24) is 4.90 Å². The van der Waals surface area contributed by atoms with Crippen LogP contribution in [0.4, 0.5) is 16.2 Å². The highest BCUT2D eigenvalue weighted by Gasteiger charge is 2.26. The summed E-state index contributed by atoms with van der Waals surface area (Å²) in [4.78, 5) is 37.6. The van der Waals surface area contributed by atoms with Crippen molar-refractivity contribution in [2.24, 2.45) is 0 Å². The minimum absolute atomic E-state index is 0.157. The molecule has 1 saturated heterocycles. The summed E-state index contributed by atoms with van der Waals surface area (Å²) >= 11 is 0. The van der Waals surface area contributed by atoms with Crippen LogP contribution in [0.1, 0.15) is 15.9 Å². The molecular weight excluding hydrogens is 338 g/mol. The van der Waals surface area contributed by atoms with E-state index in [4.69, 9.17) is 5.11 Å². The van der Waals surface area contributed by atoms with E-state index in [1.54, 1.807) is 47.4 Å². The fourth-order valence-electron chi connectivity index (χ4n) is 2.97. The van der Waals surface area contributed by atoms with Gasteiger partial charge in [0, 0.05) is 43.4 Å². The zero-order valence-corrected chi connectivity index (χ0v) is 13.9. The lowest BCUT2D eigenvalue weighted by Gasteiger charge is -2.34. The van der Waals surface area contributed by atoms with Crippen LogP contribution in [0.2, 0.25) is 0 Å². The summed E-state index contributed by atoms with van der Waals surface area (Å²) in [7, 11) is 0. The molecule has 1 aliphatic heterocycles. The van der Waals surface area contributed by atoms with Crippen LogP contribution in [0.25, 0.3) is 0 Å². The number of hydrogen-bond acceptors (Lipinski definition) is 5. The summed E-state index contributed by atoms with van der Waals surface area (Å²) in [5.41, 5.74) is 0.945. The van der Waals surface area contributed by atoms with Crippen molar-refractivity contribution in [2.45, 2.75) is 0 Å². The van der Waals surface area contributed by atoms with Gasteiger partial charge in [-0.05, 0) is 12.1 Å². The number of anilines is 1. The van der Waals surface area contributed by atoms with Crippen molar-refractivity contribution in [3.05, 3.63) is 69.8 Å². The third-order valence-corrected chi connectivity index (χ3v) is 4.36. The Morgan fingerprint density at radius 2 is 1.62 bits per heavy atom. The molecule has 1 N–H and O–H groups in total. The Hall–Kier alpha value is -3.42. The van der Waals surface area contributed by atoms with E-state index < -0.39 is 11.0 Å². The molecule has 0 atom stereocenters. The molecular formula is C18H17N3O5. The quantitative estimate of drug-likeness (QED) is 0.514. The number of nitro groups is 1. The van der Waals surface area contributed by atoms with E-state index in [1.807, 2.05) is 0 Å². The molecule has 26 heavy (non-hydrogen) atoms. The van der Waals surface area contributed by atoms with Crippen molar-refractivity contribution in [3.8, 4) is 0 Å². The minimum Gasteiger partial charge on any atom is -0.465 e. The Morgan fingerprint density at radius 3 is 2.19 bits per heavy atom. The molecule has 1 amide bonds. The molecule has 0 unspecified atom stereocenters. The molecule has 0 saturated carbocycles. The molecule has 0 aliphatic carbocycles. The topological polar surface area (TPSA) is 104 Å². The van der Waals surface area contributed by atoms with Gasteiger partial charge in [0.1, 0.15) is 5.69 Å². The second-order valence-corrected chi connectivity index (χ2v) is 5.91. The summed E-state index contributed by atoms with van der Waals surface area (Å²) in [5.74, 6) is -0.282. The van der Waals surface area contributed by atoms with Crippen LogP contribution in [0.3, 0.4) is 0 Å². The van der Waals surface area contributed by atoms with E-state index in [2.05, 4.69) is 0 Å². The molecule has 8 nitrogen and oxygen atoms in total. The van der Waals surface area contributed by atoms with E-state index >= 15 is 0 Å². The summed E-state index contributed by atoms with van der Waals surface area (Å²) in [6.45, 7) is 1.27. The molecule has 8 heteroatoms. The zero-order chi connectivity index (χ0) is 18.7. The highest BCUT2D eigenvalue weighted by Crippen LogP contribution is 2.31. The lowest BCUT2D eigenvalue weighted by atomic mass is 10.0. The van der Waals surface area contributed by atoms with Crippen molar-refractivity contribution in [3.63, 3.8) is 0 Å². The molecule has 1 fully saturated rings. The van der Waals surface area contributed by atoms with Crippen LogP contribution in [0.15, 0.2) is 48.5 Å². The predicted octanol–water partition coefficient (Wildman–Crippen LogP) is 2.63. The first-order valence-electron chi connectivity index (χ1n) is 8.08. The maximum atomic E-state index is 12.5. The number of nitrogens with zero attached hydrogens (tertiary/aromatic N) is 3. The van der Waals surface area contributed by atoms with Crippen LogP contribution in [-0.2, 0) is 0 Å². The summed E-state index contributed by atoms with van der Waals surface area (Å²) < 4.78 is 0. The third-order valence-electron chi connectivity index (χ3n) is 4.36. The second kappa shape index (κ2) is 7.22. The molecule has 2 aromatic carbocycles. The summed E-state index contributed by atoms with van der Waals surface area (Å²) in [5, 5.41) is 20.5. The average Bonchev–Trinajstić information content (AvgIpc) is 2.67. The smallest absolute Gasteiger partial charge is 0.407 e. The van der Waals surface area contributed by atoms with Gasteiger partial charge in [-0.25, -0.2) is 4.79 Å². The highest BCUT2D eigenvalue weighted by molar-refractivity contribution is 6.09. The maximum absolute atomic E-state index is 12.5. The van der Waals surface area contributed by atoms with Gasteiger partial charge in [0.15, 0.2) is 5.78 Å². The number of piperazine rings is 1. The number of hydrogen-bond donors (Lipinski definition) is 1. The maximum Gasteiger partial charge on any atom is 0.407 e. The molecule has 0 radical (unpaired) electrons. The molecule has 1 aliphatic rings. The van der Waals surface area contributed by atoms with Crippen LogP contribution in [-0.4, -0.2) is 53.0 Å². The van der Waals surface area contributed by atoms with Crippen molar-refractivity contribution in [1.29, 1.82) is 0 Å². The number of benzene rings is 2. The van der Waals surface area contributed by atoms with Crippen molar-refractivity contribution in [2.75, 3.05) is 31.1 Å². The van der Waals surface area contributed by atoms with E-state index in [9.17, 15) is 19.7 Å². The number of carbonyl (C=O) groups excluding carboxylic acids is 1. The Balaban J connectivity index is 1.87. The van der Waals surface area contributed by atoms with Crippen LogP contribution in [0, 0.1) is 10.1 Å². The number of ketones is 1. The SMILES string of the molecule is O=C(c1ccccc1)c1ccc(N2CCN(C(=O)O)CC2)c([N+](=O)[O-])c1. The Morgan fingerprint density at radius 1 is 0.962 bits per heavy atom. The Labute approximate surface area is 149 Å². The van der Waals surface area contributed by atoms with Gasteiger partial charge < -0.3 is 14.9 Å². The van der Waals surface area contributed by atoms with E-state index in [-0.39, 0.29) is 30.1 Å². The van der Waals surface area contributed by atoms with Gasteiger partial charge in [0.25, 0.3) is 5.69 Å². The number of nitro benzene ring substituents is 1. The first-order chi connectivity index (χ1) is 12.5. The molecule has 134 valence electrons. The Bertz CT molecular complexity index is 845. The third kappa shape index (κ3) is 3.49. The number of carbonyl (C=O) groups is 2. The van der Waals surface area contributed by atoms with Gasteiger partial charge in [0.05, 0.1) is 4.92 Å². The number of rotatable bonds is 4. The van der Waals surface area contributed by atoms with Crippen LogP contribution >= 0.6 is 0 Å². The lowest BCUT2D eigenvalue weighted by Crippen LogP contribution is -2.48. The largest absolute Gasteiger partial charge is 0.465 e. The van der Waals surface area contributed by atoms with Gasteiger partial charge in [-0.15, -0.1) is 0 Å². The zero-order valence-electron chi connectivity index (χ0n) is 13.9. The van der Waals surface area contributed by atoms with Crippen molar-refractivity contribution < 1.29 is 19.6 Å². The van der Waals surface area contributed by atoms with Gasteiger partial charge in [-0.2, -0.15) is 0 Å². The number of carboxylic acid groups (broad SMARTS) is 1. The van der Waals surface area contributed by atoms with Gasteiger partial charge >= 0.3 is 6.09 Å². The molecule has 2 aromatic rings. The number of amides is 1. The summed E-state index contributed by atoms with van der Waals surface area (Å²) in [6, 6.07) is 13.0. The van der Waals surface area contributed by atoms with E-state index in [1.165, 1.54) is 11.0 Å². The van der Waals surface area contributed by atoms with Gasteiger partial charge in [-0.1, -0.05) is 30.3 Å². The van der Waals surface area contributed by atoms with E-state index in [0.717, 1.165) is 0 Å². The molecule has 0 bridgehead atoms. The summed E-state index contributed by atoms with van der Waals surface area (Å²) in [6.07, 6.45) is -0.997. The standard InChI is InChI=1S/C18H17N3O5/c22-17(13-4-2-1-3-5-13)14-6-7-15(16(12-14)21(25)26)19-8-10-20(11-9-19)18(23)24/h1-7,12H,8-11H2,(H,23,24).